The van der Waals surface area contributed by atoms with Crippen LogP contribution in [0, 0.1) is 0 Å². The van der Waals surface area contributed by atoms with Crippen LogP contribution < -0.4 is 4.90 Å². The smallest absolute Gasteiger partial charge is 0.391 e. The van der Waals surface area contributed by atoms with Gasteiger partial charge in [-0.2, -0.15) is 13.2 Å². The molecule has 6 heteroatoms. The fraction of sp³-hybridized carbons (Fsp3) is 0.571. The average Bonchev–Trinajstić information content (AvgIpc) is 2.37. The van der Waals surface area contributed by atoms with E-state index in [9.17, 15) is 18.3 Å². The summed E-state index contributed by atoms with van der Waals surface area (Å²) in [5.74, 6) is 0. The molecule has 1 saturated carbocycles. The van der Waals surface area contributed by atoms with E-state index in [2.05, 4.69) is 15.9 Å². The third kappa shape index (κ3) is 3.28. The Morgan fingerprint density at radius 3 is 2.50 bits per heavy atom. The van der Waals surface area contributed by atoms with Crippen molar-refractivity contribution in [3.63, 3.8) is 0 Å². The minimum atomic E-state index is -4.41. The Balaban J connectivity index is 2.36. The van der Waals surface area contributed by atoms with Gasteiger partial charge in [0.2, 0.25) is 0 Å². The molecule has 1 fully saturated rings. The molecule has 2 unspecified atom stereocenters. The van der Waals surface area contributed by atoms with E-state index in [1.807, 2.05) is 0 Å². The fourth-order valence-corrected chi connectivity index (χ4v) is 3.13. The lowest BCUT2D eigenvalue weighted by atomic mass is 9.91. The van der Waals surface area contributed by atoms with Crippen LogP contribution in [0.1, 0.15) is 31.2 Å². The molecule has 1 aromatic rings. The first-order valence-corrected chi connectivity index (χ1v) is 7.37. The standard InChI is InChI=1S/C14H17BrF3NO/c1-19(12-4-2-3-5-13(12)20)11-7-6-9(15)8-10(11)14(16,17)18/h6-8,12-13,20H,2-5H2,1H3. The first-order valence-electron chi connectivity index (χ1n) is 6.58. The fourth-order valence-electron chi connectivity index (χ4n) is 2.77. The van der Waals surface area contributed by atoms with Gasteiger partial charge in [-0.3, -0.25) is 0 Å². The zero-order valence-electron chi connectivity index (χ0n) is 11.1. The van der Waals surface area contributed by atoms with E-state index in [-0.39, 0.29) is 11.7 Å². The van der Waals surface area contributed by atoms with Crippen molar-refractivity contribution < 1.29 is 18.3 Å². The summed E-state index contributed by atoms with van der Waals surface area (Å²) < 4.78 is 39.8. The first-order chi connectivity index (χ1) is 9.30. The van der Waals surface area contributed by atoms with Crippen molar-refractivity contribution in [1.29, 1.82) is 0 Å². The second-order valence-corrected chi connectivity index (χ2v) is 6.10. The largest absolute Gasteiger partial charge is 0.418 e. The number of aliphatic hydroxyl groups excluding tert-OH is 1. The van der Waals surface area contributed by atoms with Crippen molar-refractivity contribution in [2.24, 2.45) is 0 Å². The quantitative estimate of drug-likeness (QED) is 0.862. The molecule has 112 valence electrons. The maximum absolute atomic E-state index is 13.1. The number of likely N-dealkylation sites (N-methyl/N-ethyl adjacent to an activating group) is 1. The average molecular weight is 352 g/mol. The molecular formula is C14H17BrF3NO. The lowest BCUT2D eigenvalue weighted by molar-refractivity contribution is -0.137. The molecule has 0 saturated heterocycles. The number of benzene rings is 1. The number of hydrogen-bond donors (Lipinski definition) is 1. The molecular weight excluding hydrogens is 335 g/mol. The molecule has 1 N–H and O–H groups in total. The van der Waals surface area contributed by atoms with Gasteiger partial charge in [-0.15, -0.1) is 0 Å². The second kappa shape index (κ2) is 5.93. The van der Waals surface area contributed by atoms with E-state index in [1.54, 1.807) is 18.0 Å². The van der Waals surface area contributed by atoms with Crippen LogP contribution >= 0.6 is 15.9 Å². The van der Waals surface area contributed by atoms with E-state index in [4.69, 9.17) is 0 Å². The number of nitrogens with zero attached hydrogens (tertiary/aromatic N) is 1. The Hall–Kier alpha value is -0.750. The predicted octanol–water partition coefficient (Wildman–Crippen LogP) is 4.21. The third-order valence-electron chi connectivity index (χ3n) is 3.84. The van der Waals surface area contributed by atoms with Gasteiger partial charge in [0.1, 0.15) is 0 Å². The summed E-state index contributed by atoms with van der Waals surface area (Å²) in [7, 11) is 1.62. The molecule has 0 aliphatic heterocycles. The van der Waals surface area contributed by atoms with Crippen LogP contribution in [0.15, 0.2) is 22.7 Å². The van der Waals surface area contributed by atoms with Gasteiger partial charge >= 0.3 is 6.18 Å². The summed E-state index contributed by atoms with van der Waals surface area (Å²) in [6.07, 6.45) is -1.76. The van der Waals surface area contributed by atoms with E-state index in [0.29, 0.717) is 17.3 Å². The number of rotatable bonds is 2. The van der Waals surface area contributed by atoms with Gasteiger partial charge in [-0.05, 0) is 31.0 Å². The Bertz CT molecular complexity index is 478. The number of aliphatic hydroxyl groups is 1. The highest BCUT2D eigenvalue weighted by Crippen LogP contribution is 2.39. The molecule has 1 aromatic carbocycles. The molecule has 20 heavy (non-hydrogen) atoms. The zero-order chi connectivity index (χ0) is 14.9. The van der Waals surface area contributed by atoms with Crippen LogP contribution in [0.5, 0.6) is 0 Å². The highest BCUT2D eigenvalue weighted by Gasteiger charge is 2.37. The highest BCUT2D eigenvalue weighted by molar-refractivity contribution is 9.10. The summed E-state index contributed by atoms with van der Waals surface area (Å²) in [5.41, 5.74) is -0.557. The second-order valence-electron chi connectivity index (χ2n) is 5.19. The monoisotopic (exact) mass is 351 g/mol. The van der Waals surface area contributed by atoms with Crippen LogP contribution in [-0.4, -0.2) is 24.3 Å². The Morgan fingerprint density at radius 2 is 1.90 bits per heavy atom. The van der Waals surface area contributed by atoms with Crippen molar-refractivity contribution in [3.8, 4) is 0 Å². The van der Waals surface area contributed by atoms with Gasteiger partial charge in [0.05, 0.1) is 17.7 Å². The number of alkyl halides is 3. The number of anilines is 1. The molecule has 0 amide bonds. The molecule has 0 spiro atoms. The Morgan fingerprint density at radius 1 is 1.25 bits per heavy atom. The van der Waals surface area contributed by atoms with Gasteiger partial charge in [0, 0.05) is 17.2 Å². The Kier molecular flexibility index (Phi) is 4.64. The van der Waals surface area contributed by atoms with Crippen molar-refractivity contribution in [2.75, 3.05) is 11.9 Å². The van der Waals surface area contributed by atoms with E-state index in [0.717, 1.165) is 18.9 Å². The van der Waals surface area contributed by atoms with Gasteiger partial charge in [0.25, 0.3) is 0 Å². The van der Waals surface area contributed by atoms with Crippen LogP contribution in [0.3, 0.4) is 0 Å². The molecule has 1 aliphatic carbocycles. The van der Waals surface area contributed by atoms with E-state index in [1.165, 1.54) is 6.07 Å². The summed E-state index contributed by atoms with van der Waals surface area (Å²) >= 11 is 3.08. The summed E-state index contributed by atoms with van der Waals surface area (Å²) in [6, 6.07) is 3.87. The Labute approximate surface area is 124 Å². The molecule has 1 aliphatic rings. The van der Waals surface area contributed by atoms with E-state index >= 15 is 0 Å². The van der Waals surface area contributed by atoms with Crippen LogP contribution in [0.25, 0.3) is 0 Å². The minimum Gasteiger partial charge on any atom is -0.391 e. The van der Waals surface area contributed by atoms with Crippen molar-refractivity contribution in [1.82, 2.24) is 0 Å². The normalized spacial score (nSPS) is 23.7. The molecule has 2 nitrogen and oxygen atoms in total. The lowest BCUT2D eigenvalue weighted by Crippen LogP contribution is -2.44. The van der Waals surface area contributed by atoms with E-state index < -0.39 is 17.8 Å². The maximum atomic E-state index is 13.1. The lowest BCUT2D eigenvalue weighted by Gasteiger charge is -2.37. The first kappa shape index (κ1) is 15.6. The van der Waals surface area contributed by atoms with Gasteiger partial charge in [-0.1, -0.05) is 28.8 Å². The van der Waals surface area contributed by atoms with Crippen LogP contribution in [0.4, 0.5) is 18.9 Å². The third-order valence-corrected chi connectivity index (χ3v) is 4.33. The number of halogens is 4. The minimum absolute atomic E-state index is 0.117. The topological polar surface area (TPSA) is 23.5 Å². The SMILES string of the molecule is CN(c1ccc(Br)cc1C(F)(F)F)C1CCCCC1O. The summed E-state index contributed by atoms with van der Waals surface area (Å²) in [4.78, 5) is 1.57. The van der Waals surface area contributed by atoms with Gasteiger partial charge in [0.15, 0.2) is 0 Å². The summed E-state index contributed by atoms with van der Waals surface area (Å²) in [5, 5.41) is 10.0. The number of hydrogen-bond acceptors (Lipinski definition) is 2. The van der Waals surface area contributed by atoms with Gasteiger partial charge < -0.3 is 10.0 Å². The van der Waals surface area contributed by atoms with Crippen molar-refractivity contribution >= 4 is 21.6 Å². The maximum Gasteiger partial charge on any atom is 0.418 e. The van der Waals surface area contributed by atoms with Crippen LogP contribution in [0.2, 0.25) is 0 Å². The molecule has 2 rings (SSSR count). The zero-order valence-corrected chi connectivity index (χ0v) is 12.7. The molecule has 0 bridgehead atoms. The van der Waals surface area contributed by atoms with Gasteiger partial charge in [-0.25, -0.2) is 0 Å². The molecule has 0 aromatic heterocycles. The molecule has 0 heterocycles. The highest BCUT2D eigenvalue weighted by atomic mass is 79.9. The van der Waals surface area contributed by atoms with Crippen molar-refractivity contribution in [3.05, 3.63) is 28.2 Å². The molecule has 0 radical (unpaired) electrons. The van der Waals surface area contributed by atoms with Crippen molar-refractivity contribution in [2.45, 2.75) is 44.0 Å². The predicted molar refractivity (Wildman–Crippen MR) is 75.8 cm³/mol. The van der Waals surface area contributed by atoms with Crippen LogP contribution in [-0.2, 0) is 6.18 Å². The molecule has 2 atom stereocenters. The summed E-state index contributed by atoms with van der Waals surface area (Å²) in [6.45, 7) is 0.